The first-order valence-electron chi connectivity index (χ1n) is 6.09. The van der Waals surface area contributed by atoms with Crippen LogP contribution in [0.25, 0.3) is 0 Å². The second-order valence-electron chi connectivity index (χ2n) is 5.71. The first-order valence-corrected chi connectivity index (χ1v) is 6.09. The van der Waals surface area contributed by atoms with Crippen LogP contribution in [0.1, 0.15) is 24.2 Å². The molecule has 0 heterocycles. The van der Waals surface area contributed by atoms with Crippen molar-refractivity contribution in [1.29, 1.82) is 0 Å². The van der Waals surface area contributed by atoms with Crippen LogP contribution in [0.3, 0.4) is 0 Å². The number of nitrogens with one attached hydrogen (secondary N) is 1. The van der Waals surface area contributed by atoms with Crippen LogP contribution in [-0.2, 0) is 0 Å². The molecule has 108 valence electrons. The van der Waals surface area contributed by atoms with Crippen LogP contribution in [0.4, 0.5) is 5.69 Å². The van der Waals surface area contributed by atoms with Crippen molar-refractivity contribution in [3.8, 4) is 0 Å². The average Bonchev–Trinajstić information content (AvgIpc) is 2.25. The number of anilines is 1. The maximum absolute atomic E-state index is 11.9. The Morgan fingerprint density at radius 3 is 2.26 bits per heavy atom. The second kappa shape index (κ2) is 7.36. The van der Waals surface area contributed by atoms with Crippen LogP contribution in [-0.4, -0.2) is 38.0 Å². The van der Waals surface area contributed by atoms with Crippen LogP contribution < -0.4 is 11.1 Å². The van der Waals surface area contributed by atoms with Crippen molar-refractivity contribution in [2.75, 3.05) is 32.9 Å². The highest BCUT2D eigenvalue weighted by atomic mass is 35.5. The molecule has 19 heavy (non-hydrogen) atoms. The van der Waals surface area contributed by atoms with Crippen LogP contribution in [0, 0.1) is 5.41 Å². The molecule has 0 saturated heterocycles. The number of rotatable bonds is 5. The minimum atomic E-state index is -0.0539. The Morgan fingerprint density at radius 1 is 1.26 bits per heavy atom. The minimum absolute atomic E-state index is 0. The molecule has 1 aromatic rings. The van der Waals surface area contributed by atoms with E-state index in [1.54, 1.807) is 24.3 Å². The molecule has 0 fully saturated rings. The van der Waals surface area contributed by atoms with Gasteiger partial charge in [0.25, 0.3) is 5.91 Å². The SMILES string of the molecule is CN(C)CC(C)(C)CNC(=O)c1ccc(N)cc1.Cl. The number of hydrogen-bond donors (Lipinski definition) is 2. The number of carbonyl (C=O) groups is 1. The maximum Gasteiger partial charge on any atom is 0.251 e. The van der Waals surface area contributed by atoms with E-state index in [1.165, 1.54) is 0 Å². The molecular formula is C14H24ClN3O. The highest BCUT2D eigenvalue weighted by Gasteiger charge is 2.20. The molecule has 4 nitrogen and oxygen atoms in total. The molecule has 0 aliphatic rings. The van der Waals surface area contributed by atoms with Gasteiger partial charge in [-0.05, 0) is 43.8 Å². The van der Waals surface area contributed by atoms with Gasteiger partial charge in [-0.3, -0.25) is 4.79 Å². The van der Waals surface area contributed by atoms with E-state index in [4.69, 9.17) is 5.73 Å². The zero-order chi connectivity index (χ0) is 13.8. The van der Waals surface area contributed by atoms with E-state index in [1.807, 2.05) is 14.1 Å². The van der Waals surface area contributed by atoms with Crippen LogP contribution >= 0.6 is 12.4 Å². The number of nitrogen functional groups attached to an aromatic ring is 1. The Hall–Kier alpha value is -1.26. The van der Waals surface area contributed by atoms with Gasteiger partial charge in [0.2, 0.25) is 0 Å². The Balaban J connectivity index is 0.00000324. The van der Waals surface area contributed by atoms with Gasteiger partial charge in [-0.2, -0.15) is 0 Å². The fraction of sp³-hybridized carbons (Fsp3) is 0.500. The second-order valence-corrected chi connectivity index (χ2v) is 5.71. The monoisotopic (exact) mass is 285 g/mol. The summed E-state index contributed by atoms with van der Waals surface area (Å²) in [7, 11) is 4.06. The van der Waals surface area contributed by atoms with Crippen molar-refractivity contribution >= 4 is 24.0 Å². The maximum atomic E-state index is 11.9. The normalized spacial score (nSPS) is 11.0. The topological polar surface area (TPSA) is 58.4 Å². The van der Waals surface area contributed by atoms with E-state index in [9.17, 15) is 4.79 Å². The van der Waals surface area contributed by atoms with Gasteiger partial charge in [-0.1, -0.05) is 13.8 Å². The molecule has 1 rings (SSSR count). The smallest absolute Gasteiger partial charge is 0.251 e. The van der Waals surface area contributed by atoms with E-state index in [2.05, 4.69) is 24.1 Å². The minimum Gasteiger partial charge on any atom is -0.399 e. The molecule has 0 unspecified atom stereocenters. The molecule has 5 heteroatoms. The van der Waals surface area contributed by atoms with Crippen LogP contribution in [0.15, 0.2) is 24.3 Å². The van der Waals surface area contributed by atoms with Crippen molar-refractivity contribution in [3.05, 3.63) is 29.8 Å². The lowest BCUT2D eigenvalue weighted by atomic mass is 9.93. The molecule has 1 aromatic carbocycles. The zero-order valence-electron chi connectivity index (χ0n) is 12.1. The quantitative estimate of drug-likeness (QED) is 0.814. The summed E-state index contributed by atoms with van der Waals surface area (Å²) in [5, 5.41) is 2.96. The molecular weight excluding hydrogens is 262 g/mol. The van der Waals surface area contributed by atoms with Gasteiger partial charge in [-0.15, -0.1) is 12.4 Å². The predicted molar refractivity (Wildman–Crippen MR) is 82.8 cm³/mol. The summed E-state index contributed by atoms with van der Waals surface area (Å²) in [6.45, 7) is 5.84. The molecule has 0 radical (unpaired) electrons. The molecule has 0 aliphatic heterocycles. The van der Waals surface area contributed by atoms with Gasteiger partial charge in [0.1, 0.15) is 0 Å². The fourth-order valence-corrected chi connectivity index (χ4v) is 1.97. The van der Waals surface area contributed by atoms with Gasteiger partial charge in [0, 0.05) is 24.3 Å². The summed E-state index contributed by atoms with van der Waals surface area (Å²) >= 11 is 0. The Bertz CT molecular complexity index is 402. The highest BCUT2D eigenvalue weighted by molar-refractivity contribution is 5.94. The van der Waals surface area contributed by atoms with E-state index < -0.39 is 0 Å². The Labute approximate surface area is 121 Å². The molecule has 3 N–H and O–H groups in total. The third-order valence-corrected chi connectivity index (χ3v) is 2.64. The van der Waals surface area contributed by atoms with E-state index in [0.717, 1.165) is 6.54 Å². The number of nitrogens with two attached hydrogens (primary N) is 1. The Morgan fingerprint density at radius 2 is 1.79 bits per heavy atom. The predicted octanol–water partition coefficient (Wildman–Crippen LogP) is 2.01. The largest absolute Gasteiger partial charge is 0.399 e. The third-order valence-electron chi connectivity index (χ3n) is 2.64. The van der Waals surface area contributed by atoms with E-state index in [0.29, 0.717) is 17.8 Å². The van der Waals surface area contributed by atoms with E-state index in [-0.39, 0.29) is 23.7 Å². The van der Waals surface area contributed by atoms with Crippen molar-refractivity contribution < 1.29 is 4.79 Å². The van der Waals surface area contributed by atoms with Gasteiger partial charge in [0.05, 0.1) is 0 Å². The lowest BCUT2D eigenvalue weighted by molar-refractivity contribution is 0.0929. The third kappa shape index (κ3) is 6.45. The first kappa shape index (κ1) is 17.7. The standard InChI is InChI=1S/C14H23N3O.ClH/c1-14(2,10-17(3)4)9-16-13(18)11-5-7-12(15)8-6-11;/h5-8H,9-10,15H2,1-4H3,(H,16,18);1H. The van der Waals surface area contributed by atoms with Gasteiger partial charge < -0.3 is 16.0 Å². The number of nitrogens with zero attached hydrogens (tertiary/aromatic N) is 1. The first-order chi connectivity index (χ1) is 8.30. The molecule has 1 amide bonds. The summed E-state index contributed by atoms with van der Waals surface area (Å²) in [6.07, 6.45) is 0. The number of benzene rings is 1. The summed E-state index contributed by atoms with van der Waals surface area (Å²) in [4.78, 5) is 14.0. The highest BCUT2D eigenvalue weighted by Crippen LogP contribution is 2.14. The van der Waals surface area contributed by atoms with Crippen LogP contribution in [0.2, 0.25) is 0 Å². The average molecular weight is 286 g/mol. The fourth-order valence-electron chi connectivity index (χ4n) is 1.97. The molecule has 0 aromatic heterocycles. The number of carbonyl (C=O) groups excluding carboxylic acids is 1. The summed E-state index contributed by atoms with van der Waals surface area (Å²) in [5.74, 6) is -0.0539. The molecule has 0 spiro atoms. The number of hydrogen-bond acceptors (Lipinski definition) is 3. The van der Waals surface area contributed by atoms with Crippen molar-refractivity contribution in [2.24, 2.45) is 5.41 Å². The molecule has 0 bridgehead atoms. The lowest BCUT2D eigenvalue weighted by Crippen LogP contribution is -2.39. The zero-order valence-corrected chi connectivity index (χ0v) is 12.9. The Kier molecular flexibility index (Phi) is 6.87. The van der Waals surface area contributed by atoms with Gasteiger partial charge in [0.15, 0.2) is 0 Å². The van der Waals surface area contributed by atoms with Gasteiger partial charge in [-0.25, -0.2) is 0 Å². The molecule has 0 atom stereocenters. The molecule has 0 saturated carbocycles. The van der Waals surface area contributed by atoms with Crippen LogP contribution in [0.5, 0.6) is 0 Å². The van der Waals surface area contributed by atoms with Crippen molar-refractivity contribution in [3.63, 3.8) is 0 Å². The van der Waals surface area contributed by atoms with Gasteiger partial charge >= 0.3 is 0 Å². The number of halogens is 1. The molecule has 0 aliphatic carbocycles. The summed E-state index contributed by atoms with van der Waals surface area (Å²) < 4.78 is 0. The van der Waals surface area contributed by atoms with Crippen molar-refractivity contribution in [2.45, 2.75) is 13.8 Å². The summed E-state index contributed by atoms with van der Waals surface area (Å²) in [6, 6.07) is 6.95. The van der Waals surface area contributed by atoms with Crippen molar-refractivity contribution in [1.82, 2.24) is 10.2 Å². The van der Waals surface area contributed by atoms with E-state index >= 15 is 0 Å². The summed E-state index contributed by atoms with van der Waals surface area (Å²) in [5.41, 5.74) is 6.95. The lowest BCUT2D eigenvalue weighted by Gasteiger charge is -2.28. The number of amides is 1.